The van der Waals surface area contributed by atoms with Crippen molar-refractivity contribution in [1.82, 2.24) is 10.6 Å². The standard InChI is InChI=1S/C31H30N2O4S/c34-29(33-27(31(36)37)20-24-16-9-15-23-14-7-8-17-25(23)24)26(18-21-10-3-1-4-11-21)32-30(35)28(38)19-22-12-5-2-6-13-22/h1-17,26-28,38H,18-20H2,(H,32,35)(H,33,34)(H,36,37)/t26-,27-,28-/m0/s1. The Morgan fingerprint density at radius 2 is 1.18 bits per heavy atom. The van der Waals surface area contributed by atoms with Crippen molar-refractivity contribution in [2.45, 2.75) is 36.6 Å². The van der Waals surface area contributed by atoms with Crippen molar-refractivity contribution in [3.8, 4) is 0 Å². The third-order valence-electron chi connectivity index (χ3n) is 6.41. The molecule has 7 heteroatoms. The van der Waals surface area contributed by atoms with Crippen molar-refractivity contribution in [3.63, 3.8) is 0 Å². The lowest BCUT2D eigenvalue weighted by atomic mass is 9.98. The third kappa shape index (κ3) is 7.23. The van der Waals surface area contributed by atoms with Crippen LogP contribution in [-0.4, -0.2) is 40.2 Å². The molecule has 0 fully saturated rings. The van der Waals surface area contributed by atoms with Crippen LogP contribution in [0.15, 0.2) is 103 Å². The van der Waals surface area contributed by atoms with Gasteiger partial charge in [-0.2, -0.15) is 12.6 Å². The van der Waals surface area contributed by atoms with Crippen molar-refractivity contribution in [2.24, 2.45) is 0 Å². The van der Waals surface area contributed by atoms with Crippen molar-refractivity contribution >= 4 is 41.2 Å². The molecule has 4 aromatic carbocycles. The van der Waals surface area contributed by atoms with Gasteiger partial charge in [0.1, 0.15) is 12.1 Å². The molecule has 2 amide bonds. The summed E-state index contributed by atoms with van der Waals surface area (Å²) in [5, 5.41) is 16.7. The van der Waals surface area contributed by atoms with Crippen LogP contribution in [0.4, 0.5) is 0 Å². The summed E-state index contributed by atoms with van der Waals surface area (Å²) in [5.41, 5.74) is 2.61. The highest BCUT2D eigenvalue weighted by atomic mass is 32.1. The molecular formula is C31H30N2O4S. The summed E-state index contributed by atoms with van der Waals surface area (Å²) in [6.07, 6.45) is 0.719. The number of carboxylic acid groups (broad SMARTS) is 1. The number of benzene rings is 4. The minimum absolute atomic E-state index is 0.109. The fourth-order valence-electron chi connectivity index (χ4n) is 4.42. The predicted octanol–water partition coefficient (Wildman–Crippen LogP) is 4.22. The van der Waals surface area contributed by atoms with E-state index < -0.39 is 35.1 Å². The molecule has 0 aliphatic carbocycles. The lowest BCUT2D eigenvalue weighted by Crippen LogP contribution is -2.54. The minimum atomic E-state index is -1.17. The minimum Gasteiger partial charge on any atom is -0.480 e. The normalized spacial score (nSPS) is 13.3. The monoisotopic (exact) mass is 526 g/mol. The molecule has 4 aromatic rings. The maximum Gasteiger partial charge on any atom is 0.326 e. The first-order valence-corrected chi connectivity index (χ1v) is 13.0. The van der Waals surface area contributed by atoms with Gasteiger partial charge in [-0.15, -0.1) is 0 Å². The van der Waals surface area contributed by atoms with Crippen LogP contribution in [0, 0.1) is 0 Å². The van der Waals surface area contributed by atoms with Crippen molar-refractivity contribution in [2.75, 3.05) is 0 Å². The SMILES string of the molecule is O=C(O)[C@H](Cc1cccc2ccccc12)NC(=O)[C@H](Cc1ccccc1)NC(=O)[C@@H](S)Cc1ccccc1. The van der Waals surface area contributed by atoms with E-state index in [-0.39, 0.29) is 12.8 Å². The van der Waals surface area contributed by atoms with Crippen LogP contribution in [0.25, 0.3) is 10.8 Å². The maximum absolute atomic E-state index is 13.4. The van der Waals surface area contributed by atoms with Crippen LogP contribution in [0.3, 0.4) is 0 Å². The molecule has 0 aliphatic heterocycles. The highest BCUT2D eigenvalue weighted by Crippen LogP contribution is 2.20. The molecule has 0 aliphatic rings. The molecule has 0 bridgehead atoms. The lowest BCUT2D eigenvalue weighted by Gasteiger charge is -2.23. The van der Waals surface area contributed by atoms with E-state index in [4.69, 9.17) is 0 Å². The lowest BCUT2D eigenvalue weighted by molar-refractivity contribution is -0.142. The first-order valence-electron chi connectivity index (χ1n) is 12.5. The highest BCUT2D eigenvalue weighted by molar-refractivity contribution is 7.81. The summed E-state index contributed by atoms with van der Waals surface area (Å²) in [6, 6.07) is 30.1. The number of nitrogens with one attached hydrogen (secondary N) is 2. The Balaban J connectivity index is 1.51. The Hall–Kier alpha value is -4.10. The topological polar surface area (TPSA) is 95.5 Å². The van der Waals surface area contributed by atoms with E-state index in [0.29, 0.717) is 6.42 Å². The number of carbonyl (C=O) groups is 3. The second kappa shape index (κ2) is 12.9. The van der Waals surface area contributed by atoms with Gasteiger partial charge in [0.25, 0.3) is 0 Å². The van der Waals surface area contributed by atoms with E-state index in [9.17, 15) is 19.5 Å². The van der Waals surface area contributed by atoms with Gasteiger partial charge in [0.05, 0.1) is 5.25 Å². The molecule has 0 heterocycles. The molecule has 0 radical (unpaired) electrons. The van der Waals surface area contributed by atoms with Gasteiger partial charge in [-0.3, -0.25) is 9.59 Å². The molecule has 0 aromatic heterocycles. The number of aliphatic carboxylic acids is 1. The average Bonchev–Trinajstić information content (AvgIpc) is 2.93. The Kier molecular flexibility index (Phi) is 9.16. The number of fused-ring (bicyclic) bond motifs is 1. The average molecular weight is 527 g/mol. The van der Waals surface area contributed by atoms with Gasteiger partial charge in [-0.25, -0.2) is 4.79 Å². The number of carboxylic acids is 1. The quantitative estimate of drug-likeness (QED) is 0.220. The fraction of sp³-hybridized carbons (Fsp3) is 0.194. The second-order valence-electron chi connectivity index (χ2n) is 9.20. The van der Waals surface area contributed by atoms with Crippen LogP contribution in [0.5, 0.6) is 0 Å². The number of amides is 2. The van der Waals surface area contributed by atoms with E-state index in [1.54, 1.807) is 0 Å². The molecule has 0 saturated carbocycles. The highest BCUT2D eigenvalue weighted by Gasteiger charge is 2.29. The van der Waals surface area contributed by atoms with Crippen molar-refractivity contribution in [3.05, 3.63) is 120 Å². The van der Waals surface area contributed by atoms with E-state index in [1.807, 2.05) is 103 Å². The molecule has 6 nitrogen and oxygen atoms in total. The first-order chi connectivity index (χ1) is 18.4. The van der Waals surface area contributed by atoms with E-state index >= 15 is 0 Å². The molecule has 0 spiro atoms. The number of carbonyl (C=O) groups excluding carboxylic acids is 2. The van der Waals surface area contributed by atoms with Gasteiger partial charge in [0.2, 0.25) is 11.8 Å². The van der Waals surface area contributed by atoms with Crippen LogP contribution < -0.4 is 10.6 Å². The Morgan fingerprint density at radius 3 is 1.84 bits per heavy atom. The smallest absolute Gasteiger partial charge is 0.326 e. The maximum atomic E-state index is 13.4. The zero-order valence-electron chi connectivity index (χ0n) is 20.8. The van der Waals surface area contributed by atoms with E-state index in [0.717, 1.165) is 27.5 Å². The van der Waals surface area contributed by atoms with Crippen molar-refractivity contribution < 1.29 is 19.5 Å². The molecule has 194 valence electrons. The molecule has 4 rings (SSSR count). The Bertz CT molecular complexity index is 1390. The molecule has 38 heavy (non-hydrogen) atoms. The number of hydrogen-bond donors (Lipinski definition) is 4. The largest absolute Gasteiger partial charge is 0.480 e. The summed E-state index contributed by atoms with van der Waals surface area (Å²) >= 11 is 4.47. The number of rotatable bonds is 11. The van der Waals surface area contributed by atoms with Gasteiger partial charge in [-0.1, -0.05) is 103 Å². The third-order valence-corrected chi connectivity index (χ3v) is 6.83. The Labute approximate surface area is 227 Å². The second-order valence-corrected chi connectivity index (χ2v) is 9.82. The van der Waals surface area contributed by atoms with E-state index in [2.05, 4.69) is 23.3 Å². The zero-order chi connectivity index (χ0) is 26.9. The van der Waals surface area contributed by atoms with Crippen LogP contribution in [0.1, 0.15) is 16.7 Å². The van der Waals surface area contributed by atoms with Gasteiger partial charge in [0.15, 0.2) is 0 Å². The van der Waals surface area contributed by atoms with Gasteiger partial charge < -0.3 is 15.7 Å². The molecule has 0 saturated heterocycles. The van der Waals surface area contributed by atoms with Gasteiger partial charge in [-0.05, 0) is 33.9 Å². The summed E-state index contributed by atoms with van der Waals surface area (Å²) in [7, 11) is 0. The van der Waals surface area contributed by atoms with Crippen LogP contribution in [0.2, 0.25) is 0 Å². The summed E-state index contributed by atoms with van der Waals surface area (Å²) in [6.45, 7) is 0. The summed E-state index contributed by atoms with van der Waals surface area (Å²) in [4.78, 5) is 38.6. The number of hydrogen-bond acceptors (Lipinski definition) is 4. The van der Waals surface area contributed by atoms with Gasteiger partial charge in [0, 0.05) is 12.8 Å². The van der Waals surface area contributed by atoms with Crippen LogP contribution in [-0.2, 0) is 33.6 Å². The zero-order valence-corrected chi connectivity index (χ0v) is 21.7. The fourth-order valence-corrected chi connectivity index (χ4v) is 4.71. The first kappa shape index (κ1) is 26.9. The molecule has 3 N–H and O–H groups in total. The van der Waals surface area contributed by atoms with Crippen molar-refractivity contribution in [1.29, 1.82) is 0 Å². The molecular weight excluding hydrogens is 496 g/mol. The summed E-state index contributed by atoms with van der Waals surface area (Å²) < 4.78 is 0. The van der Waals surface area contributed by atoms with Crippen LogP contribution >= 0.6 is 12.6 Å². The molecule has 3 atom stereocenters. The number of thiol groups is 1. The van der Waals surface area contributed by atoms with Gasteiger partial charge >= 0.3 is 5.97 Å². The molecule has 0 unspecified atom stereocenters. The van der Waals surface area contributed by atoms with E-state index in [1.165, 1.54) is 0 Å². The summed E-state index contributed by atoms with van der Waals surface area (Å²) in [5.74, 6) is -2.10. The Morgan fingerprint density at radius 1 is 0.632 bits per heavy atom. The predicted molar refractivity (Wildman–Crippen MR) is 152 cm³/mol.